The number of aryl methyl sites for hydroxylation is 1. The molecule has 0 aliphatic carbocycles. The minimum Gasteiger partial charge on any atom is -0.441 e. The SMILES string of the molecule is CCN(CC)Cc1ccc(CNC(=O)CCc2ncc(-c3ccccc3)o2)cc1. The van der Waals surface area contributed by atoms with Gasteiger partial charge in [0.1, 0.15) is 0 Å². The number of hydrogen-bond acceptors (Lipinski definition) is 4. The molecule has 5 nitrogen and oxygen atoms in total. The zero-order valence-electron chi connectivity index (χ0n) is 17.2. The first-order valence-corrected chi connectivity index (χ1v) is 10.2. The predicted octanol–water partition coefficient (Wildman–Crippen LogP) is 4.43. The summed E-state index contributed by atoms with van der Waals surface area (Å²) in [5.74, 6) is 1.31. The van der Waals surface area contributed by atoms with Crippen LogP contribution in [0, 0.1) is 0 Å². The fraction of sp³-hybridized carbons (Fsp3) is 0.333. The van der Waals surface area contributed by atoms with Gasteiger partial charge in [-0.1, -0.05) is 68.4 Å². The van der Waals surface area contributed by atoms with E-state index in [0.717, 1.165) is 36.5 Å². The molecule has 0 unspecified atom stereocenters. The van der Waals surface area contributed by atoms with Gasteiger partial charge in [-0.05, 0) is 24.2 Å². The molecule has 0 bridgehead atoms. The number of nitrogens with zero attached hydrogens (tertiary/aromatic N) is 2. The number of aromatic nitrogens is 1. The summed E-state index contributed by atoms with van der Waals surface area (Å²) in [5, 5.41) is 2.97. The van der Waals surface area contributed by atoms with Crippen LogP contribution in [0.1, 0.15) is 37.3 Å². The number of nitrogens with one attached hydrogen (secondary N) is 1. The van der Waals surface area contributed by atoms with Gasteiger partial charge in [-0.2, -0.15) is 0 Å². The fourth-order valence-electron chi connectivity index (χ4n) is 3.14. The molecule has 1 N–H and O–H groups in total. The maximum atomic E-state index is 12.2. The predicted molar refractivity (Wildman–Crippen MR) is 115 cm³/mol. The van der Waals surface area contributed by atoms with Crippen molar-refractivity contribution in [2.45, 2.75) is 39.8 Å². The van der Waals surface area contributed by atoms with Crippen LogP contribution >= 0.6 is 0 Å². The van der Waals surface area contributed by atoms with Gasteiger partial charge in [-0.3, -0.25) is 9.69 Å². The molecular formula is C24H29N3O2. The molecule has 3 rings (SSSR count). The lowest BCUT2D eigenvalue weighted by atomic mass is 10.1. The van der Waals surface area contributed by atoms with Crippen LogP contribution in [0.25, 0.3) is 11.3 Å². The number of carbonyl (C=O) groups excluding carboxylic acids is 1. The Morgan fingerprint density at radius 3 is 2.38 bits per heavy atom. The number of oxazole rings is 1. The topological polar surface area (TPSA) is 58.4 Å². The van der Waals surface area contributed by atoms with Crippen molar-refractivity contribution in [1.29, 1.82) is 0 Å². The lowest BCUT2D eigenvalue weighted by molar-refractivity contribution is -0.121. The highest BCUT2D eigenvalue weighted by atomic mass is 16.4. The van der Waals surface area contributed by atoms with Crippen molar-refractivity contribution in [2.75, 3.05) is 13.1 Å². The molecule has 152 valence electrons. The highest BCUT2D eigenvalue weighted by Crippen LogP contribution is 2.20. The smallest absolute Gasteiger partial charge is 0.220 e. The zero-order chi connectivity index (χ0) is 20.5. The third kappa shape index (κ3) is 6.29. The van der Waals surface area contributed by atoms with Gasteiger partial charge < -0.3 is 9.73 Å². The van der Waals surface area contributed by atoms with E-state index in [4.69, 9.17) is 4.42 Å². The number of amides is 1. The molecule has 0 saturated carbocycles. The Labute approximate surface area is 172 Å². The Morgan fingerprint density at radius 1 is 1.00 bits per heavy atom. The Hall–Kier alpha value is -2.92. The van der Waals surface area contributed by atoms with E-state index >= 15 is 0 Å². The molecule has 5 heteroatoms. The van der Waals surface area contributed by atoms with E-state index in [1.165, 1.54) is 5.56 Å². The highest BCUT2D eigenvalue weighted by Gasteiger charge is 2.09. The summed E-state index contributed by atoms with van der Waals surface area (Å²) in [5.41, 5.74) is 3.38. The summed E-state index contributed by atoms with van der Waals surface area (Å²) in [7, 11) is 0. The monoisotopic (exact) mass is 391 g/mol. The quantitative estimate of drug-likeness (QED) is 0.555. The Kier molecular flexibility index (Phi) is 7.59. The molecule has 3 aromatic rings. The van der Waals surface area contributed by atoms with Gasteiger partial charge in [0.05, 0.1) is 6.20 Å². The summed E-state index contributed by atoms with van der Waals surface area (Å²) in [6, 6.07) is 18.3. The van der Waals surface area contributed by atoms with Crippen molar-refractivity contribution in [3.05, 3.63) is 77.8 Å². The van der Waals surface area contributed by atoms with E-state index in [-0.39, 0.29) is 5.91 Å². The highest BCUT2D eigenvalue weighted by molar-refractivity contribution is 5.76. The molecule has 1 heterocycles. The Bertz CT molecular complexity index is 884. The molecule has 0 fully saturated rings. The third-order valence-electron chi connectivity index (χ3n) is 4.99. The van der Waals surface area contributed by atoms with Crippen LogP contribution in [-0.4, -0.2) is 28.9 Å². The van der Waals surface area contributed by atoms with Gasteiger partial charge in [0.15, 0.2) is 11.7 Å². The second-order valence-electron chi connectivity index (χ2n) is 7.04. The van der Waals surface area contributed by atoms with E-state index in [2.05, 4.69) is 53.3 Å². The van der Waals surface area contributed by atoms with Crippen LogP contribution in [0.3, 0.4) is 0 Å². The van der Waals surface area contributed by atoms with Gasteiger partial charge in [-0.15, -0.1) is 0 Å². The fourth-order valence-corrected chi connectivity index (χ4v) is 3.14. The van der Waals surface area contributed by atoms with E-state index < -0.39 is 0 Å². The van der Waals surface area contributed by atoms with Crippen LogP contribution in [0.2, 0.25) is 0 Å². The average molecular weight is 392 g/mol. The Morgan fingerprint density at radius 2 is 1.69 bits per heavy atom. The van der Waals surface area contributed by atoms with Crippen molar-refractivity contribution in [2.24, 2.45) is 0 Å². The molecule has 0 saturated heterocycles. The van der Waals surface area contributed by atoms with E-state index in [9.17, 15) is 4.79 Å². The van der Waals surface area contributed by atoms with Gasteiger partial charge in [0.2, 0.25) is 5.91 Å². The van der Waals surface area contributed by atoms with Crippen molar-refractivity contribution in [3.8, 4) is 11.3 Å². The van der Waals surface area contributed by atoms with Crippen molar-refractivity contribution in [3.63, 3.8) is 0 Å². The van der Waals surface area contributed by atoms with Crippen LogP contribution in [0.15, 0.2) is 65.2 Å². The van der Waals surface area contributed by atoms with Gasteiger partial charge >= 0.3 is 0 Å². The number of benzene rings is 2. The summed E-state index contributed by atoms with van der Waals surface area (Å²) >= 11 is 0. The largest absolute Gasteiger partial charge is 0.441 e. The summed E-state index contributed by atoms with van der Waals surface area (Å²) in [4.78, 5) is 18.8. The summed E-state index contributed by atoms with van der Waals surface area (Å²) in [6.07, 6.45) is 2.55. The Balaban J connectivity index is 1.43. The molecule has 0 aliphatic rings. The maximum absolute atomic E-state index is 12.2. The average Bonchev–Trinajstić information content (AvgIpc) is 3.25. The minimum absolute atomic E-state index is 0.00308. The summed E-state index contributed by atoms with van der Waals surface area (Å²) < 4.78 is 5.75. The van der Waals surface area contributed by atoms with Crippen LogP contribution < -0.4 is 5.32 Å². The third-order valence-corrected chi connectivity index (χ3v) is 4.99. The van der Waals surface area contributed by atoms with Crippen molar-refractivity contribution >= 4 is 5.91 Å². The second-order valence-corrected chi connectivity index (χ2v) is 7.04. The summed E-state index contributed by atoms with van der Waals surface area (Å²) in [6.45, 7) is 7.94. The number of hydrogen-bond donors (Lipinski definition) is 1. The number of rotatable bonds is 10. The van der Waals surface area contributed by atoms with Gasteiger partial charge in [-0.25, -0.2) is 4.98 Å². The maximum Gasteiger partial charge on any atom is 0.220 e. The molecule has 0 radical (unpaired) electrons. The van der Waals surface area contributed by atoms with E-state index in [1.54, 1.807) is 6.20 Å². The molecule has 1 aromatic heterocycles. The van der Waals surface area contributed by atoms with E-state index in [1.807, 2.05) is 30.3 Å². The first-order valence-electron chi connectivity index (χ1n) is 10.2. The molecule has 1 amide bonds. The van der Waals surface area contributed by atoms with Crippen LogP contribution in [-0.2, 0) is 24.3 Å². The van der Waals surface area contributed by atoms with Crippen molar-refractivity contribution in [1.82, 2.24) is 15.2 Å². The van der Waals surface area contributed by atoms with E-state index in [0.29, 0.717) is 25.3 Å². The zero-order valence-corrected chi connectivity index (χ0v) is 17.2. The molecule has 0 aliphatic heterocycles. The lowest BCUT2D eigenvalue weighted by Gasteiger charge is -2.18. The van der Waals surface area contributed by atoms with Crippen LogP contribution in [0.5, 0.6) is 0 Å². The minimum atomic E-state index is -0.00308. The lowest BCUT2D eigenvalue weighted by Crippen LogP contribution is -2.23. The first-order chi connectivity index (χ1) is 14.2. The molecular weight excluding hydrogens is 362 g/mol. The molecule has 0 spiro atoms. The van der Waals surface area contributed by atoms with Gasteiger partial charge in [0, 0.05) is 31.5 Å². The number of carbonyl (C=O) groups is 1. The molecule has 0 atom stereocenters. The van der Waals surface area contributed by atoms with Crippen molar-refractivity contribution < 1.29 is 9.21 Å². The molecule has 2 aromatic carbocycles. The van der Waals surface area contributed by atoms with Gasteiger partial charge in [0.25, 0.3) is 0 Å². The standard InChI is InChI=1S/C24H29N3O2/c1-3-27(4-2)18-20-12-10-19(11-13-20)16-25-23(28)14-15-24-26-17-22(29-24)21-8-6-5-7-9-21/h5-13,17H,3-4,14-16,18H2,1-2H3,(H,25,28). The van der Waals surface area contributed by atoms with Crippen LogP contribution in [0.4, 0.5) is 0 Å². The molecule has 29 heavy (non-hydrogen) atoms. The second kappa shape index (κ2) is 10.6. The first kappa shape index (κ1) is 20.8. The normalized spacial score (nSPS) is 11.0.